The van der Waals surface area contributed by atoms with Crippen LogP contribution in [0.2, 0.25) is 36.3 Å². The average Bonchev–Trinajstić information content (AvgIpc) is 1.60. The minimum Gasteiger partial charge on any atom is -0.444 e. The molecule has 0 spiro atoms. The predicted octanol–water partition coefficient (Wildman–Crippen LogP) is 16.6. The molecule has 8 rings (SSSR count). The van der Waals surface area contributed by atoms with Crippen molar-refractivity contribution < 1.29 is 37.5 Å². The highest BCUT2D eigenvalue weighted by Gasteiger charge is 2.50. The molecule has 0 unspecified atom stereocenters. The van der Waals surface area contributed by atoms with Gasteiger partial charge in [-0.1, -0.05) is 90.1 Å². The Bertz CT molecular complexity index is 3060. The number of carbonyl (C=O) groups excluding carboxylic acids is 4. The molecule has 0 saturated carbocycles. The molecular weight excluding hydrogens is 1160 g/mol. The number of ether oxygens (including phenoxy) is 2. The van der Waals surface area contributed by atoms with E-state index in [1.807, 2.05) is 187 Å². The minimum atomic E-state index is -2.22. The summed E-state index contributed by atoms with van der Waals surface area (Å²) >= 11 is 0. The summed E-state index contributed by atoms with van der Waals surface area (Å²) < 4.78 is 26.2. The maximum atomic E-state index is 13.9. The summed E-state index contributed by atoms with van der Waals surface area (Å²) in [5.41, 5.74) is 5.73. The quantitative estimate of drug-likeness (QED) is 0.0777. The fourth-order valence-electron chi connectivity index (χ4n) is 10.9. The van der Waals surface area contributed by atoms with Gasteiger partial charge in [0.15, 0.2) is 16.6 Å². The lowest BCUT2D eigenvalue weighted by atomic mass is 10.0. The number of nitrogens with one attached hydrogen (secondary N) is 2. The van der Waals surface area contributed by atoms with Crippen molar-refractivity contribution >= 4 is 52.0 Å². The van der Waals surface area contributed by atoms with E-state index in [1.54, 1.807) is 24.8 Å². The van der Waals surface area contributed by atoms with Crippen LogP contribution in [-0.4, -0.2) is 106 Å². The third-order valence-electron chi connectivity index (χ3n) is 17.9. The van der Waals surface area contributed by atoms with Crippen LogP contribution in [0.3, 0.4) is 0 Å². The number of amides is 4. The highest BCUT2D eigenvalue weighted by molar-refractivity contribution is 6.74. The zero-order valence-corrected chi connectivity index (χ0v) is 58.7. The van der Waals surface area contributed by atoms with Crippen molar-refractivity contribution in [2.75, 3.05) is 10.6 Å². The van der Waals surface area contributed by atoms with E-state index in [0.717, 1.165) is 70.7 Å². The van der Waals surface area contributed by atoms with Gasteiger partial charge in [0.05, 0.1) is 47.5 Å². The number of hydrogen-bond acceptors (Lipinski definition) is 12. The Kier molecular flexibility index (Phi) is 23.0. The maximum absolute atomic E-state index is 13.9. The molecule has 2 saturated heterocycles. The number of anilines is 2. The van der Waals surface area contributed by atoms with Gasteiger partial charge in [-0.25, -0.2) is 9.59 Å². The van der Waals surface area contributed by atoms with E-state index in [0.29, 0.717) is 12.8 Å². The van der Waals surface area contributed by atoms with Gasteiger partial charge in [-0.2, -0.15) is 0 Å². The van der Waals surface area contributed by atoms with Crippen LogP contribution >= 0.6 is 0 Å². The van der Waals surface area contributed by atoms with Crippen molar-refractivity contribution in [3.8, 4) is 0 Å². The summed E-state index contributed by atoms with van der Waals surface area (Å²) in [7, 11) is -4.44. The van der Waals surface area contributed by atoms with Crippen LogP contribution in [0.25, 0.3) is 0 Å². The first-order valence-corrected chi connectivity index (χ1v) is 37.7. The second kappa shape index (κ2) is 29.4. The SMILES string of the molecule is C[C@@H](C(=O)Nc1ccc(C[C@@H]2CC[C@H]([C@H](O[Si](C)(C)C(C)(C)C)c3cccnc3)N2C(=O)OC(C)(C)C)cc1)c1ccccn1.C[C@H](C(=O)Nc1ccc(C[C@@H]2CC[C@H]([C@H](O[Si](C)(C)C(C)(C)C)c3cccnc3)N2C(=O)OC(C)(C)C)cc1)c1ccccn1. The molecule has 6 heterocycles. The lowest BCUT2D eigenvalue weighted by Crippen LogP contribution is -2.50. The molecule has 0 bridgehead atoms. The summed E-state index contributed by atoms with van der Waals surface area (Å²) in [6, 6.07) is 34.3. The van der Waals surface area contributed by atoms with E-state index >= 15 is 0 Å². The molecule has 2 aliphatic heterocycles. The maximum Gasteiger partial charge on any atom is 0.410 e. The molecule has 2 aliphatic rings. The normalized spacial score (nSPS) is 18.7. The average molecular weight is 1260 g/mol. The van der Waals surface area contributed by atoms with Gasteiger partial charge in [0.2, 0.25) is 11.8 Å². The van der Waals surface area contributed by atoms with Crippen LogP contribution in [0.5, 0.6) is 0 Å². The largest absolute Gasteiger partial charge is 0.444 e. The van der Waals surface area contributed by atoms with Crippen LogP contribution in [-0.2, 0) is 40.8 Å². The Labute approximate surface area is 538 Å². The number of rotatable bonds is 18. The third-order valence-corrected chi connectivity index (χ3v) is 26.8. The van der Waals surface area contributed by atoms with Crippen LogP contribution in [0.15, 0.2) is 146 Å². The van der Waals surface area contributed by atoms with E-state index in [9.17, 15) is 19.2 Å². The first kappa shape index (κ1) is 70.3. The van der Waals surface area contributed by atoms with Crippen molar-refractivity contribution in [3.05, 3.63) is 180 Å². The molecule has 2 aromatic carbocycles. The van der Waals surface area contributed by atoms with Gasteiger partial charge in [0, 0.05) is 60.6 Å². The lowest BCUT2D eigenvalue weighted by molar-refractivity contribution is -0.118. The predicted molar refractivity (Wildman–Crippen MR) is 363 cm³/mol. The number of nitrogens with zero attached hydrogens (tertiary/aromatic N) is 6. The van der Waals surface area contributed by atoms with Gasteiger partial charge in [0.1, 0.15) is 11.2 Å². The molecular formula is C72H100N8O8Si2. The van der Waals surface area contributed by atoms with Crippen LogP contribution < -0.4 is 10.6 Å². The van der Waals surface area contributed by atoms with E-state index in [1.165, 1.54) is 0 Å². The molecule has 16 nitrogen and oxygen atoms in total. The highest BCUT2D eigenvalue weighted by atomic mass is 28.4. The van der Waals surface area contributed by atoms with Crippen molar-refractivity contribution in [1.29, 1.82) is 0 Å². The van der Waals surface area contributed by atoms with Gasteiger partial charge in [-0.3, -0.25) is 39.3 Å². The van der Waals surface area contributed by atoms with Crippen LogP contribution in [0, 0.1) is 0 Å². The van der Waals surface area contributed by atoms with Crippen molar-refractivity contribution in [2.24, 2.45) is 0 Å². The molecule has 8 atom stereocenters. The summed E-state index contributed by atoms with van der Waals surface area (Å²) in [6.07, 6.45) is 13.9. The monoisotopic (exact) mass is 1260 g/mol. The Balaban J connectivity index is 0.000000256. The molecule has 6 aromatic rings. The smallest absolute Gasteiger partial charge is 0.410 e. The van der Waals surface area contributed by atoms with Crippen molar-refractivity contribution in [1.82, 2.24) is 29.7 Å². The number of carbonyl (C=O) groups is 4. The molecule has 2 N–H and O–H groups in total. The van der Waals surface area contributed by atoms with Crippen molar-refractivity contribution in [3.63, 3.8) is 0 Å². The number of likely N-dealkylation sites (tertiary alicyclic amines) is 2. The Morgan fingerprint density at radius 2 is 0.844 bits per heavy atom. The summed E-state index contributed by atoms with van der Waals surface area (Å²) in [5.74, 6) is -0.964. The number of hydrogen-bond donors (Lipinski definition) is 2. The standard InChI is InChI=1S/2C36H50N4O4Si/c2*1-25(30-14-10-11-22-38-30)33(41)39-28-17-15-26(16-18-28)23-29-19-20-31(40(29)34(42)43-35(2,3)4)32(27-13-12-21-37-24-27)44-45(8,9)36(5,6)7/h2*10-18,21-22,24-25,29,31-32H,19-20,23H2,1-9H3,(H,39,41)/t25-,29+,31-,32-;25-,29-,31+,32+/m10/s1. The van der Waals surface area contributed by atoms with E-state index < -0.39 is 27.8 Å². The summed E-state index contributed by atoms with van der Waals surface area (Å²) in [5, 5.41) is 6.00. The first-order valence-electron chi connectivity index (χ1n) is 31.9. The molecule has 484 valence electrons. The molecule has 4 aromatic heterocycles. The Morgan fingerprint density at radius 3 is 1.13 bits per heavy atom. The summed E-state index contributed by atoms with van der Waals surface area (Å²) in [4.78, 5) is 74.9. The second-order valence-electron chi connectivity index (χ2n) is 29.3. The second-order valence-corrected chi connectivity index (χ2v) is 38.8. The molecule has 4 amide bonds. The fourth-order valence-corrected chi connectivity index (χ4v) is 13.4. The van der Waals surface area contributed by atoms with Gasteiger partial charge < -0.3 is 29.0 Å². The minimum absolute atomic E-state index is 0.00518. The van der Waals surface area contributed by atoms with E-state index in [4.69, 9.17) is 18.3 Å². The van der Waals surface area contributed by atoms with Crippen molar-refractivity contribution in [2.45, 2.75) is 231 Å². The number of aromatic nitrogens is 4. The number of benzene rings is 2. The van der Waals surface area contributed by atoms with Gasteiger partial charge >= 0.3 is 12.2 Å². The molecule has 0 aliphatic carbocycles. The zero-order valence-electron chi connectivity index (χ0n) is 56.7. The number of pyridine rings is 4. The van der Waals surface area contributed by atoms with Gasteiger partial charge in [-0.15, -0.1) is 0 Å². The van der Waals surface area contributed by atoms with E-state index in [2.05, 4.69) is 98.3 Å². The molecule has 18 heteroatoms. The van der Waals surface area contributed by atoms with Crippen LogP contribution in [0.1, 0.15) is 180 Å². The third kappa shape index (κ3) is 19.0. The van der Waals surface area contributed by atoms with Gasteiger partial charge in [0.25, 0.3) is 0 Å². The first-order chi connectivity index (χ1) is 42.1. The van der Waals surface area contributed by atoms with E-state index in [-0.39, 0.29) is 82.3 Å². The molecule has 2 fully saturated rings. The molecule has 0 radical (unpaired) electrons. The Morgan fingerprint density at radius 1 is 0.489 bits per heavy atom. The van der Waals surface area contributed by atoms with Crippen LogP contribution in [0.4, 0.5) is 21.0 Å². The molecule has 90 heavy (non-hydrogen) atoms. The van der Waals surface area contributed by atoms with Gasteiger partial charge in [-0.05, 0) is 213 Å². The highest BCUT2D eigenvalue weighted by Crippen LogP contribution is 2.47. The zero-order chi connectivity index (χ0) is 66.0. The summed E-state index contributed by atoms with van der Waals surface area (Å²) in [6.45, 7) is 37.5. The lowest BCUT2D eigenvalue weighted by Gasteiger charge is -2.43. The fraction of sp³-hybridized carbons (Fsp3) is 0.500. The Hall–Kier alpha value is -7.13. The topological polar surface area (TPSA) is 187 Å².